The van der Waals surface area contributed by atoms with Crippen LogP contribution in [0.2, 0.25) is 0 Å². The molecule has 0 saturated heterocycles. The summed E-state index contributed by atoms with van der Waals surface area (Å²) in [5, 5.41) is 16.7. The van der Waals surface area contributed by atoms with Gasteiger partial charge in [0.2, 0.25) is 0 Å². The van der Waals surface area contributed by atoms with E-state index in [4.69, 9.17) is 4.98 Å². The predicted molar refractivity (Wildman–Crippen MR) is 354 cm³/mol. The summed E-state index contributed by atoms with van der Waals surface area (Å²) in [6, 6.07) is 87.0. The second kappa shape index (κ2) is 20.6. The molecule has 0 aliphatic rings. The molecule has 0 bridgehead atoms. The SMILES string of the molecule is Cc1ccc(-c2ccc3c(c2)c2cc(-c4ccc(C)cc4C)ccc2n3-c2cc(-c3cc(-c4ccccc4)nc(-c4ccccc4)c3)cc(-n3c4ccc(-c5ccc(C)cc5C)cc4c4cc(-c5cccc(C)c5C)ccc43)c2C#N)c(C)c1. The molecule has 0 radical (unpaired) electrons. The van der Waals surface area contributed by atoms with Gasteiger partial charge in [-0.1, -0.05) is 174 Å². The first-order valence-corrected chi connectivity index (χ1v) is 29.1. The summed E-state index contributed by atoms with van der Waals surface area (Å²) in [4.78, 5) is 5.36. The molecule has 14 rings (SSSR count). The predicted octanol–water partition coefficient (Wildman–Crippen LogP) is 21.3. The van der Waals surface area contributed by atoms with Crippen LogP contribution >= 0.6 is 0 Å². The third-order valence-corrected chi connectivity index (χ3v) is 17.5. The maximum atomic E-state index is 12.2. The molecule has 0 spiro atoms. The summed E-state index contributed by atoms with van der Waals surface area (Å²) in [7, 11) is 0. The fourth-order valence-corrected chi connectivity index (χ4v) is 13.2. The second-order valence-corrected chi connectivity index (χ2v) is 23.2. The highest BCUT2D eigenvalue weighted by atomic mass is 15.0. The van der Waals surface area contributed by atoms with Crippen LogP contribution in [0.5, 0.6) is 0 Å². The van der Waals surface area contributed by atoms with Gasteiger partial charge in [0.05, 0.1) is 44.8 Å². The van der Waals surface area contributed by atoms with Crippen molar-refractivity contribution in [3.05, 3.63) is 281 Å². The van der Waals surface area contributed by atoms with Gasteiger partial charge < -0.3 is 9.13 Å². The number of aryl methyl sites for hydroxylation is 7. The summed E-state index contributed by atoms with van der Waals surface area (Å²) in [5.74, 6) is 0. The van der Waals surface area contributed by atoms with Gasteiger partial charge in [-0.05, 0) is 212 Å². The minimum absolute atomic E-state index is 0.561. The van der Waals surface area contributed by atoms with Gasteiger partial charge in [0.15, 0.2) is 0 Å². The Hall–Kier alpha value is -10.3. The molecular formula is C80H62N4. The van der Waals surface area contributed by atoms with Crippen molar-refractivity contribution in [1.82, 2.24) is 14.1 Å². The molecule has 0 aliphatic carbocycles. The van der Waals surface area contributed by atoms with E-state index in [2.05, 4.69) is 289 Å². The van der Waals surface area contributed by atoms with Crippen LogP contribution in [0.15, 0.2) is 231 Å². The number of aromatic nitrogens is 3. The molecule has 0 aliphatic heterocycles. The van der Waals surface area contributed by atoms with E-state index >= 15 is 0 Å². The van der Waals surface area contributed by atoms with Gasteiger partial charge in [-0.3, -0.25) is 0 Å². The van der Waals surface area contributed by atoms with Crippen molar-refractivity contribution in [2.24, 2.45) is 0 Å². The Bertz CT molecular complexity index is 4880. The molecule has 84 heavy (non-hydrogen) atoms. The van der Waals surface area contributed by atoms with E-state index in [1.54, 1.807) is 0 Å². The van der Waals surface area contributed by atoms with Crippen LogP contribution in [0.1, 0.15) is 50.1 Å². The van der Waals surface area contributed by atoms with Crippen molar-refractivity contribution in [3.8, 4) is 95.6 Å². The lowest BCUT2D eigenvalue weighted by Gasteiger charge is -2.19. The van der Waals surface area contributed by atoms with Crippen LogP contribution < -0.4 is 0 Å². The zero-order valence-electron chi connectivity index (χ0n) is 48.7. The molecule has 0 saturated carbocycles. The van der Waals surface area contributed by atoms with Crippen molar-refractivity contribution in [3.63, 3.8) is 0 Å². The van der Waals surface area contributed by atoms with Crippen LogP contribution in [-0.2, 0) is 0 Å². The Morgan fingerprint density at radius 2 is 0.667 bits per heavy atom. The van der Waals surface area contributed by atoms with Crippen LogP contribution in [0.4, 0.5) is 0 Å². The van der Waals surface area contributed by atoms with Gasteiger partial charge in [0, 0.05) is 32.7 Å². The smallest absolute Gasteiger partial charge is 0.104 e. The van der Waals surface area contributed by atoms with Gasteiger partial charge in [-0.2, -0.15) is 5.26 Å². The standard InChI is InChI=1S/C80H62N4/c1-48-22-29-64(52(5)36-48)58-25-32-75-68(39-58)69-40-59(65-30-23-49(2)37-53(65)6)26-33-76(69)83(75)79-45-63(62-43-73(56-17-11-9-12-18-56)82-74(44-62)57-19-13-10-14-20-57)46-80(72(79)47-81)84-77-34-27-60(66-31-24-50(3)38-54(66)7)41-70(77)71-42-61(28-35-78(71)84)67-21-15-16-51(4)55(67)8/h9-46H,1-8H3. The highest BCUT2D eigenvalue weighted by molar-refractivity contribution is 6.14. The Labute approximate surface area is 491 Å². The highest BCUT2D eigenvalue weighted by Crippen LogP contribution is 2.45. The number of fused-ring (bicyclic) bond motifs is 6. The van der Waals surface area contributed by atoms with Crippen molar-refractivity contribution < 1.29 is 0 Å². The molecule has 3 aromatic heterocycles. The maximum Gasteiger partial charge on any atom is 0.104 e. The molecule has 11 aromatic carbocycles. The molecular weight excluding hydrogens is 1020 g/mol. The minimum Gasteiger partial charge on any atom is -0.308 e. The van der Waals surface area contributed by atoms with Crippen LogP contribution in [0.3, 0.4) is 0 Å². The summed E-state index contributed by atoms with van der Waals surface area (Å²) in [6.45, 7) is 17.5. The fourth-order valence-electron chi connectivity index (χ4n) is 13.2. The van der Waals surface area contributed by atoms with Gasteiger partial charge in [0.1, 0.15) is 11.6 Å². The van der Waals surface area contributed by atoms with E-state index in [1.165, 1.54) is 66.8 Å². The monoisotopic (exact) mass is 1080 g/mol. The van der Waals surface area contributed by atoms with Crippen LogP contribution in [0, 0.1) is 66.7 Å². The van der Waals surface area contributed by atoms with E-state index in [9.17, 15) is 5.26 Å². The molecule has 4 nitrogen and oxygen atoms in total. The summed E-state index contributed by atoms with van der Waals surface area (Å²) >= 11 is 0. The summed E-state index contributed by atoms with van der Waals surface area (Å²) in [6.07, 6.45) is 0. The van der Waals surface area contributed by atoms with E-state index in [-0.39, 0.29) is 0 Å². The largest absolute Gasteiger partial charge is 0.308 e. The van der Waals surface area contributed by atoms with Crippen LogP contribution in [-0.4, -0.2) is 14.1 Å². The van der Waals surface area contributed by atoms with E-state index in [0.717, 1.165) is 111 Å². The highest BCUT2D eigenvalue weighted by Gasteiger charge is 2.25. The molecule has 4 heteroatoms. The Morgan fingerprint density at radius 3 is 1.04 bits per heavy atom. The van der Waals surface area contributed by atoms with Crippen molar-refractivity contribution in [1.29, 1.82) is 5.26 Å². The number of hydrogen-bond donors (Lipinski definition) is 0. The Kier molecular flexibility index (Phi) is 12.7. The van der Waals surface area contributed by atoms with Gasteiger partial charge in [0.25, 0.3) is 0 Å². The molecule has 0 N–H and O–H groups in total. The number of nitrogens with zero attached hydrogens (tertiary/aromatic N) is 4. The maximum absolute atomic E-state index is 12.2. The van der Waals surface area contributed by atoms with Gasteiger partial charge in [-0.15, -0.1) is 0 Å². The lowest BCUT2D eigenvalue weighted by atomic mass is 9.95. The zero-order valence-corrected chi connectivity index (χ0v) is 48.7. The molecule has 0 atom stereocenters. The van der Waals surface area contributed by atoms with Crippen molar-refractivity contribution >= 4 is 43.6 Å². The first-order valence-electron chi connectivity index (χ1n) is 29.1. The molecule has 0 amide bonds. The van der Waals surface area contributed by atoms with Crippen LogP contribution in [0.25, 0.3) is 133 Å². The average molecular weight is 1080 g/mol. The van der Waals surface area contributed by atoms with Crippen molar-refractivity contribution in [2.45, 2.75) is 55.4 Å². The number of pyridine rings is 1. The fraction of sp³-hybridized carbons (Fsp3) is 0.100. The first-order chi connectivity index (χ1) is 40.9. The normalized spacial score (nSPS) is 11.6. The van der Waals surface area contributed by atoms with Gasteiger partial charge in [-0.25, -0.2) is 4.98 Å². The third kappa shape index (κ3) is 8.89. The van der Waals surface area contributed by atoms with Crippen molar-refractivity contribution in [2.75, 3.05) is 0 Å². The van der Waals surface area contributed by atoms with E-state index in [1.807, 2.05) is 12.1 Å². The quantitative estimate of drug-likeness (QED) is 0.145. The lowest BCUT2D eigenvalue weighted by molar-refractivity contribution is 1.12. The molecule has 0 fully saturated rings. The summed E-state index contributed by atoms with van der Waals surface area (Å²) < 4.78 is 4.71. The zero-order chi connectivity index (χ0) is 57.5. The molecule has 3 heterocycles. The second-order valence-electron chi connectivity index (χ2n) is 23.2. The number of rotatable bonds is 9. The average Bonchev–Trinajstić information content (AvgIpc) is 2.11. The molecule has 0 unspecified atom stereocenters. The Morgan fingerprint density at radius 1 is 0.298 bits per heavy atom. The Balaban J connectivity index is 1.11. The van der Waals surface area contributed by atoms with E-state index < -0.39 is 0 Å². The molecule has 14 aromatic rings. The lowest BCUT2D eigenvalue weighted by Crippen LogP contribution is -2.05. The van der Waals surface area contributed by atoms with Gasteiger partial charge >= 0.3 is 0 Å². The topological polar surface area (TPSA) is 46.5 Å². The summed E-state index contributed by atoms with van der Waals surface area (Å²) in [5.41, 5.74) is 31.2. The minimum atomic E-state index is 0.561. The third-order valence-electron chi connectivity index (χ3n) is 17.5. The van der Waals surface area contributed by atoms with E-state index in [0.29, 0.717) is 5.56 Å². The number of hydrogen-bond acceptors (Lipinski definition) is 2. The first kappa shape index (κ1) is 51.8. The number of benzene rings is 11. The molecule has 402 valence electrons. The number of nitriles is 1.